The molecule has 0 bridgehead atoms. The summed E-state index contributed by atoms with van der Waals surface area (Å²) < 4.78 is 13.1. The van der Waals surface area contributed by atoms with E-state index in [0.29, 0.717) is 19.6 Å². The Morgan fingerprint density at radius 3 is 2.52 bits per heavy atom. The van der Waals surface area contributed by atoms with E-state index in [0.717, 1.165) is 44.5 Å². The van der Waals surface area contributed by atoms with Gasteiger partial charge in [-0.2, -0.15) is 0 Å². The molecule has 2 heterocycles. The predicted molar refractivity (Wildman–Crippen MR) is 100 cm³/mol. The smallest absolute Gasteiger partial charge is 0.242 e. The van der Waals surface area contributed by atoms with Gasteiger partial charge in [0.2, 0.25) is 11.8 Å². The van der Waals surface area contributed by atoms with Gasteiger partial charge in [-0.05, 0) is 37.0 Å². The lowest BCUT2D eigenvalue weighted by Gasteiger charge is -2.40. The van der Waals surface area contributed by atoms with Crippen molar-refractivity contribution >= 4 is 11.8 Å². The Labute approximate surface area is 159 Å². The van der Waals surface area contributed by atoms with Gasteiger partial charge in [-0.25, -0.2) is 4.39 Å². The minimum absolute atomic E-state index is 0.0468. The zero-order valence-corrected chi connectivity index (χ0v) is 15.5. The lowest BCUT2D eigenvalue weighted by atomic mass is 10.0. The number of amides is 2. The fraction of sp³-hybridized carbons (Fsp3) is 0.524. The minimum atomic E-state index is -0.269. The third kappa shape index (κ3) is 3.90. The van der Waals surface area contributed by atoms with Crippen molar-refractivity contribution in [2.45, 2.75) is 31.8 Å². The van der Waals surface area contributed by atoms with E-state index in [1.165, 1.54) is 12.1 Å². The standard InChI is InChI=1S/C21H26FN3O2/c22-18-8-6-16(7-9-18)14-25-13-12-23-10-3-11-24(15-19(23)21(25)27)20(26)17-4-1-2-5-17/h1-2,6-9,17,19H,3-5,10-15H2. The molecule has 0 N–H and O–H groups in total. The first-order valence-corrected chi connectivity index (χ1v) is 9.83. The summed E-state index contributed by atoms with van der Waals surface area (Å²) in [6.45, 7) is 4.05. The summed E-state index contributed by atoms with van der Waals surface area (Å²) in [7, 11) is 0. The van der Waals surface area contributed by atoms with Crippen LogP contribution in [0.5, 0.6) is 0 Å². The molecule has 1 atom stereocenters. The molecule has 2 aliphatic heterocycles. The van der Waals surface area contributed by atoms with E-state index in [2.05, 4.69) is 17.1 Å². The molecule has 5 nitrogen and oxygen atoms in total. The highest BCUT2D eigenvalue weighted by Gasteiger charge is 2.39. The number of carbonyl (C=O) groups excluding carboxylic acids is 2. The third-order valence-corrected chi connectivity index (χ3v) is 5.92. The molecule has 2 amide bonds. The molecule has 0 aromatic heterocycles. The first-order chi connectivity index (χ1) is 13.1. The molecule has 0 spiro atoms. The van der Waals surface area contributed by atoms with Gasteiger partial charge in [0.25, 0.3) is 0 Å². The highest BCUT2D eigenvalue weighted by molar-refractivity contribution is 5.85. The Morgan fingerprint density at radius 1 is 1.04 bits per heavy atom. The Morgan fingerprint density at radius 2 is 1.78 bits per heavy atom. The van der Waals surface area contributed by atoms with E-state index in [1.807, 2.05) is 9.80 Å². The van der Waals surface area contributed by atoms with Crippen LogP contribution >= 0.6 is 0 Å². The van der Waals surface area contributed by atoms with Gasteiger partial charge in [-0.15, -0.1) is 0 Å². The van der Waals surface area contributed by atoms with E-state index >= 15 is 0 Å². The van der Waals surface area contributed by atoms with E-state index in [4.69, 9.17) is 0 Å². The number of rotatable bonds is 3. The molecule has 144 valence electrons. The number of fused-ring (bicyclic) bond motifs is 1. The minimum Gasteiger partial charge on any atom is -0.340 e. The number of hydrogen-bond acceptors (Lipinski definition) is 3. The second-order valence-electron chi connectivity index (χ2n) is 7.72. The third-order valence-electron chi connectivity index (χ3n) is 5.92. The zero-order chi connectivity index (χ0) is 18.8. The first-order valence-electron chi connectivity index (χ1n) is 9.83. The van der Waals surface area contributed by atoms with Crippen molar-refractivity contribution in [2.24, 2.45) is 5.92 Å². The number of allylic oxidation sites excluding steroid dienone is 2. The van der Waals surface area contributed by atoms with Crippen LogP contribution in [0.3, 0.4) is 0 Å². The summed E-state index contributed by atoms with van der Waals surface area (Å²) in [4.78, 5) is 32.0. The van der Waals surface area contributed by atoms with Crippen LogP contribution in [-0.2, 0) is 16.1 Å². The van der Waals surface area contributed by atoms with Crippen LogP contribution in [-0.4, -0.2) is 65.3 Å². The van der Waals surface area contributed by atoms with Crippen LogP contribution in [0.25, 0.3) is 0 Å². The highest BCUT2D eigenvalue weighted by atomic mass is 19.1. The number of nitrogens with zero attached hydrogens (tertiary/aromatic N) is 3. The topological polar surface area (TPSA) is 43.9 Å². The van der Waals surface area contributed by atoms with Crippen molar-refractivity contribution in [3.05, 3.63) is 47.8 Å². The molecule has 1 aromatic carbocycles. The van der Waals surface area contributed by atoms with Gasteiger partial charge in [0.1, 0.15) is 11.9 Å². The zero-order valence-electron chi connectivity index (χ0n) is 15.5. The fourth-order valence-electron chi connectivity index (χ4n) is 4.35. The summed E-state index contributed by atoms with van der Waals surface area (Å²) in [6, 6.07) is 6.05. The molecule has 2 fully saturated rings. The molecular formula is C21H26FN3O2. The number of hydrogen-bond donors (Lipinski definition) is 0. The van der Waals surface area contributed by atoms with Crippen LogP contribution in [0.2, 0.25) is 0 Å². The molecule has 1 unspecified atom stereocenters. The van der Waals surface area contributed by atoms with Crippen molar-refractivity contribution in [2.75, 3.05) is 32.7 Å². The van der Waals surface area contributed by atoms with E-state index in [1.54, 1.807) is 12.1 Å². The lowest BCUT2D eigenvalue weighted by Crippen LogP contribution is -2.59. The van der Waals surface area contributed by atoms with E-state index in [9.17, 15) is 14.0 Å². The Bertz CT molecular complexity index is 725. The summed E-state index contributed by atoms with van der Waals surface area (Å²) in [6.07, 6.45) is 6.68. The average molecular weight is 371 g/mol. The molecule has 4 rings (SSSR count). The van der Waals surface area contributed by atoms with Gasteiger partial charge in [-0.1, -0.05) is 24.3 Å². The first kappa shape index (κ1) is 18.2. The molecule has 3 aliphatic rings. The molecule has 0 saturated carbocycles. The predicted octanol–water partition coefficient (Wildman–Crippen LogP) is 2.04. The van der Waals surface area contributed by atoms with E-state index in [-0.39, 0.29) is 29.6 Å². The van der Waals surface area contributed by atoms with Crippen LogP contribution in [0.15, 0.2) is 36.4 Å². The number of benzene rings is 1. The second kappa shape index (κ2) is 7.80. The van der Waals surface area contributed by atoms with Gasteiger partial charge in [0.15, 0.2) is 0 Å². The van der Waals surface area contributed by atoms with Crippen molar-refractivity contribution < 1.29 is 14.0 Å². The van der Waals surface area contributed by atoms with Gasteiger partial charge >= 0.3 is 0 Å². The number of carbonyl (C=O) groups is 2. The lowest BCUT2D eigenvalue weighted by molar-refractivity contribution is -0.144. The average Bonchev–Trinajstić information content (AvgIpc) is 3.12. The summed E-state index contributed by atoms with van der Waals surface area (Å²) in [5.41, 5.74) is 0.928. The number of halogens is 1. The number of piperazine rings is 1. The Hall–Kier alpha value is -2.21. The monoisotopic (exact) mass is 371 g/mol. The maximum atomic E-state index is 13.1. The molecule has 27 heavy (non-hydrogen) atoms. The molecule has 1 aliphatic carbocycles. The summed E-state index contributed by atoms with van der Waals surface area (Å²) in [5, 5.41) is 0. The Kier molecular flexibility index (Phi) is 5.25. The molecule has 6 heteroatoms. The van der Waals surface area contributed by atoms with Gasteiger partial charge in [0.05, 0.1) is 0 Å². The van der Waals surface area contributed by atoms with Gasteiger partial charge < -0.3 is 9.80 Å². The van der Waals surface area contributed by atoms with E-state index < -0.39 is 0 Å². The normalized spacial score (nSPS) is 24.2. The van der Waals surface area contributed by atoms with Crippen LogP contribution < -0.4 is 0 Å². The molecule has 2 saturated heterocycles. The van der Waals surface area contributed by atoms with Crippen molar-refractivity contribution in [3.63, 3.8) is 0 Å². The van der Waals surface area contributed by atoms with Crippen molar-refractivity contribution in [1.29, 1.82) is 0 Å². The summed E-state index contributed by atoms with van der Waals surface area (Å²) in [5.74, 6) is 0.0416. The summed E-state index contributed by atoms with van der Waals surface area (Å²) >= 11 is 0. The SMILES string of the molecule is O=C(C1CC=CC1)N1CCCN2CCN(Cc3ccc(F)cc3)C(=O)C2C1. The molecule has 1 aromatic rings. The second-order valence-corrected chi connectivity index (χ2v) is 7.72. The van der Waals surface area contributed by atoms with Crippen LogP contribution in [0.4, 0.5) is 4.39 Å². The quantitative estimate of drug-likeness (QED) is 0.764. The van der Waals surface area contributed by atoms with Gasteiger partial charge in [-0.3, -0.25) is 14.5 Å². The van der Waals surface area contributed by atoms with Crippen molar-refractivity contribution in [3.8, 4) is 0 Å². The largest absolute Gasteiger partial charge is 0.340 e. The maximum Gasteiger partial charge on any atom is 0.242 e. The fourth-order valence-corrected chi connectivity index (χ4v) is 4.35. The Balaban J connectivity index is 1.44. The van der Waals surface area contributed by atoms with Crippen LogP contribution in [0.1, 0.15) is 24.8 Å². The molecular weight excluding hydrogens is 345 g/mol. The van der Waals surface area contributed by atoms with Gasteiger partial charge in [0, 0.05) is 45.2 Å². The highest BCUT2D eigenvalue weighted by Crippen LogP contribution is 2.24. The maximum absolute atomic E-state index is 13.1. The van der Waals surface area contributed by atoms with Crippen LogP contribution in [0, 0.1) is 11.7 Å². The molecule has 0 radical (unpaired) electrons. The van der Waals surface area contributed by atoms with Crippen molar-refractivity contribution in [1.82, 2.24) is 14.7 Å².